The molecular formula is C13H19ClF2N2O2. The van der Waals surface area contributed by atoms with E-state index in [2.05, 4.69) is 15.4 Å². The number of alkyl halides is 2. The van der Waals surface area contributed by atoms with E-state index in [4.69, 9.17) is 0 Å². The Morgan fingerprint density at radius 3 is 2.60 bits per heavy atom. The Morgan fingerprint density at radius 2 is 2.05 bits per heavy atom. The molecule has 0 aliphatic heterocycles. The van der Waals surface area contributed by atoms with Crippen LogP contribution in [0.5, 0.6) is 5.75 Å². The third kappa shape index (κ3) is 5.71. The van der Waals surface area contributed by atoms with Crippen molar-refractivity contribution < 1.29 is 18.3 Å². The van der Waals surface area contributed by atoms with E-state index in [9.17, 15) is 13.6 Å². The van der Waals surface area contributed by atoms with Gasteiger partial charge in [0.2, 0.25) is 5.91 Å². The fourth-order valence-electron chi connectivity index (χ4n) is 1.57. The van der Waals surface area contributed by atoms with Gasteiger partial charge in [0.1, 0.15) is 5.75 Å². The van der Waals surface area contributed by atoms with Gasteiger partial charge in [0, 0.05) is 24.2 Å². The standard InChI is InChI=1S/C13H18F2N2O2.ClH/c1-8-4-5-10(6-11(8)19-13(14)15)17-12(18)9(2)7-16-3;/h4-6,9,13,16H,7H2,1-3H3,(H,17,18);1H. The Bertz CT molecular complexity index is 444. The van der Waals surface area contributed by atoms with Crippen molar-refractivity contribution >= 4 is 24.0 Å². The average Bonchev–Trinajstić information content (AvgIpc) is 2.33. The molecule has 1 atom stereocenters. The Morgan fingerprint density at radius 1 is 1.40 bits per heavy atom. The molecular weight excluding hydrogens is 290 g/mol. The van der Waals surface area contributed by atoms with Crippen LogP contribution in [0.1, 0.15) is 12.5 Å². The highest BCUT2D eigenvalue weighted by molar-refractivity contribution is 5.92. The molecule has 0 aliphatic carbocycles. The molecule has 1 unspecified atom stereocenters. The van der Waals surface area contributed by atoms with Crippen LogP contribution in [-0.2, 0) is 4.79 Å². The van der Waals surface area contributed by atoms with Gasteiger partial charge in [-0.15, -0.1) is 12.4 Å². The molecule has 0 spiro atoms. The highest BCUT2D eigenvalue weighted by Crippen LogP contribution is 2.24. The third-order valence-corrected chi connectivity index (χ3v) is 2.63. The smallest absolute Gasteiger partial charge is 0.387 e. The number of anilines is 1. The van der Waals surface area contributed by atoms with Gasteiger partial charge < -0.3 is 15.4 Å². The fraction of sp³-hybridized carbons (Fsp3) is 0.462. The van der Waals surface area contributed by atoms with Crippen LogP contribution in [0.2, 0.25) is 0 Å². The van der Waals surface area contributed by atoms with Crippen LogP contribution < -0.4 is 15.4 Å². The van der Waals surface area contributed by atoms with Gasteiger partial charge in [0.05, 0.1) is 0 Å². The monoisotopic (exact) mass is 308 g/mol. The lowest BCUT2D eigenvalue weighted by atomic mass is 10.1. The third-order valence-electron chi connectivity index (χ3n) is 2.63. The molecule has 0 saturated carbocycles. The van der Waals surface area contributed by atoms with Gasteiger partial charge in [0.15, 0.2) is 0 Å². The molecule has 1 amide bonds. The molecule has 0 fully saturated rings. The van der Waals surface area contributed by atoms with E-state index in [0.29, 0.717) is 17.8 Å². The SMILES string of the molecule is CNCC(C)C(=O)Nc1ccc(C)c(OC(F)F)c1.Cl. The van der Waals surface area contributed by atoms with Crippen molar-refractivity contribution in [2.45, 2.75) is 20.5 Å². The summed E-state index contributed by atoms with van der Waals surface area (Å²) in [6.45, 7) is 1.09. The van der Waals surface area contributed by atoms with Crippen molar-refractivity contribution in [3.63, 3.8) is 0 Å². The highest BCUT2D eigenvalue weighted by Gasteiger charge is 2.13. The summed E-state index contributed by atoms with van der Waals surface area (Å²) in [6, 6.07) is 4.67. The van der Waals surface area contributed by atoms with Gasteiger partial charge >= 0.3 is 6.61 Å². The van der Waals surface area contributed by atoms with E-state index in [1.54, 1.807) is 33.0 Å². The van der Waals surface area contributed by atoms with Crippen LogP contribution in [-0.4, -0.2) is 26.1 Å². The number of ether oxygens (including phenoxy) is 1. The quantitative estimate of drug-likeness (QED) is 0.849. The first kappa shape index (κ1) is 18.6. The van der Waals surface area contributed by atoms with Gasteiger partial charge in [-0.2, -0.15) is 8.78 Å². The minimum Gasteiger partial charge on any atom is -0.434 e. The zero-order valence-corrected chi connectivity index (χ0v) is 12.4. The van der Waals surface area contributed by atoms with E-state index >= 15 is 0 Å². The van der Waals surface area contributed by atoms with Gasteiger partial charge in [-0.05, 0) is 25.6 Å². The zero-order chi connectivity index (χ0) is 14.4. The first-order valence-electron chi connectivity index (χ1n) is 5.95. The molecule has 2 N–H and O–H groups in total. The number of amides is 1. The van der Waals surface area contributed by atoms with Crippen molar-refractivity contribution in [2.75, 3.05) is 18.9 Å². The summed E-state index contributed by atoms with van der Waals surface area (Å²) in [7, 11) is 1.75. The topological polar surface area (TPSA) is 50.4 Å². The van der Waals surface area contributed by atoms with E-state index in [1.807, 2.05) is 0 Å². The molecule has 0 saturated heterocycles. The first-order chi connectivity index (χ1) is 8.93. The number of hydrogen-bond acceptors (Lipinski definition) is 3. The van der Waals surface area contributed by atoms with E-state index in [1.165, 1.54) is 6.07 Å². The van der Waals surface area contributed by atoms with Crippen LogP contribution in [0.25, 0.3) is 0 Å². The Balaban J connectivity index is 0.00000361. The normalized spacial score (nSPS) is 11.7. The second kappa shape index (κ2) is 8.71. The predicted molar refractivity (Wildman–Crippen MR) is 76.8 cm³/mol. The molecule has 0 radical (unpaired) electrons. The fourth-order valence-corrected chi connectivity index (χ4v) is 1.57. The Labute approximate surface area is 123 Å². The van der Waals surface area contributed by atoms with Crippen LogP contribution in [0.15, 0.2) is 18.2 Å². The molecule has 0 bridgehead atoms. The summed E-state index contributed by atoms with van der Waals surface area (Å²) >= 11 is 0. The number of benzene rings is 1. The number of halogens is 3. The highest BCUT2D eigenvalue weighted by atomic mass is 35.5. The molecule has 0 heterocycles. The van der Waals surface area contributed by atoms with Crippen LogP contribution >= 0.6 is 12.4 Å². The molecule has 1 rings (SSSR count). The van der Waals surface area contributed by atoms with Crippen molar-refractivity contribution in [1.29, 1.82) is 0 Å². The van der Waals surface area contributed by atoms with Crippen LogP contribution in [0.3, 0.4) is 0 Å². The second-order valence-corrected chi connectivity index (χ2v) is 4.31. The summed E-state index contributed by atoms with van der Waals surface area (Å²) in [5, 5.41) is 5.56. The van der Waals surface area contributed by atoms with Gasteiger partial charge in [0.25, 0.3) is 0 Å². The van der Waals surface area contributed by atoms with Crippen molar-refractivity contribution in [3.8, 4) is 5.75 Å². The largest absolute Gasteiger partial charge is 0.434 e. The van der Waals surface area contributed by atoms with E-state index in [-0.39, 0.29) is 30.0 Å². The lowest BCUT2D eigenvalue weighted by Crippen LogP contribution is -2.28. The average molecular weight is 309 g/mol. The minimum absolute atomic E-state index is 0. The maximum atomic E-state index is 12.2. The van der Waals surface area contributed by atoms with Gasteiger partial charge in [-0.3, -0.25) is 4.79 Å². The van der Waals surface area contributed by atoms with Crippen LogP contribution in [0.4, 0.5) is 14.5 Å². The Hall–Kier alpha value is -1.40. The summed E-state index contributed by atoms with van der Waals surface area (Å²) in [4.78, 5) is 11.8. The molecule has 7 heteroatoms. The number of nitrogens with one attached hydrogen (secondary N) is 2. The maximum Gasteiger partial charge on any atom is 0.387 e. The predicted octanol–water partition coefficient (Wildman–Crippen LogP) is 2.81. The minimum atomic E-state index is -2.88. The van der Waals surface area contributed by atoms with E-state index < -0.39 is 6.61 Å². The lowest BCUT2D eigenvalue weighted by molar-refractivity contribution is -0.119. The number of carbonyl (C=O) groups excluding carboxylic acids is 1. The molecule has 0 aromatic heterocycles. The van der Waals surface area contributed by atoms with Crippen molar-refractivity contribution in [3.05, 3.63) is 23.8 Å². The summed E-state index contributed by atoms with van der Waals surface area (Å²) in [5.41, 5.74) is 1.02. The first-order valence-corrected chi connectivity index (χ1v) is 5.95. The molecule has 114 valence electrons. The molecule has 20 heavy (non-hydrogen) atoms. The number of hydrogen-bond donors (Lipinski definition) is 2. The number of aryl methyl sites for hydroxylation is 1. The number of carbonyl (C=O) groups is 1. The zero-order valence-electron chi connectivity index (χ0n) is 11.6. The van der Waals surface area contributed by atoms with Gasteiger partial charge in [-0.1, -0.05) is 13.0 Å². The second-order valence-electron chi connectivity index (χ2n) is 4.31. The van der Waals surface area contributed by atoms with E-state index in [0.717, 1.165) is 0 Å². The van der Waals surface area contributed by atoms with Crippen molar-refractivity contribution in [1.82, 2.24) is 5.32 Å². The molecule has 4 nitrogen and oxygen atoms in total. The molecule has 1 aromatic rings. The summed E-state index contributed by atoms with van der Waals surface area (Å²) in [6.07, 6.45) is 0. The summed E-state index contributed by atoms with van der Waals surface area (Å²) in [5.74, 6) is -0.332. The molecule has 0 aliphatic rings. The van der Waals surface area contributed by atoms with Gasteiger partial charge in [-0.25, -0.2) is 0 Å². The maximum absolute atomic E-state index is 12.2. The van der Waals surface area contributed by atoms with Crippen molar-refractivity contribution in [2.24, 2.45) is 5.92 Å². The van der Waals surface area contributed by atoms with Crippen LogP contribution in [0, 0.1) is 12.8 Å². The summed E-state index contributed by atoms with van der Waals surface area (Å²) < 4.78 is 28.8. The Kier molecular flexibility index (Phi) is 8.10. The number of rotatable bonds is 6. The lowest BCUT2D eigenvalue weighted by Gasteiger charge is -2.13. The molecule has 1 aromatic carbocycles.